The van der Waals surface area contributed by atoms with Crippen molar-refractivity contribution >= 4 is 17.2 Å². The summed E-state index contributed by atoms with van der Waals surface area (Å²) in [6.45, 7) is 3.35. The highest BCUT2D eigenvalue weighted by Gasteiger charge is 2.28. The predicted octanol–water partition coefficient (Wildman–Crippen LogP) is 2.91. The first-order valence-electron chi connectivity index (χ1n) is 9.50. The van der Waals surface area contributed by atoms with Crippen molar-refractivity contribution in [3.05, 3.63) is 70.1 Å². The van der Waals surface area contributed by atoms with Crippen LogP contribution >= 0.6 is 0 Å². The van der Waals surface area contributed by atoms with Gasteiger partial charge in [-0.3, -0.25) is 19.6 Å². The number of benzene rings is 1. The van der Waals surface area contributed by atoms with Gasteiger partial charge in [-0.2, -0.15) is 5.10 Å². The van der Waals surface area contributed by atoms with E-state index in [9.17, 15) is 14.9 Å². The first-order chi connectivity index (χ1) is 13.9. The molecule has 1 aromatic carbocycles. The molecule has 29 heavy (non-hydrogen) atoms. The summed E-state index contributed by atoms with van der Waals surface area (Å²) in [7, 11) is 1.72. The Bertz CT molecular complexity index is 1070. The highest BCUT2D eigenvalue weighted by Crippen LogP contribution is 2.34. The van der Waals surface area contributed by atoms with Crippen LogP contribution in [0.4, 0.5) is 11.4 Å². The Morgan fingerprint density at radius 3 is 2.83 bits per heavy atom. The third kappa shape index (κ3) is 3.63. The summed E-state index contributed by atoms with van der Waals surface area (Å²) in [5.41, 5.74) is 1.80. The van der Waals surface area contributed by atoms with Gasteiger partial charge in [0.15, 0.2) is 5.82 Å². The molecule has 1 saturated heterocycles. The topological polar surface area (TPSA) is 99.1 Å². The van der Waals surface area contributed by atoms with Gasteiger partial charge < -0.3 is 9.47 Å². The van der Waals surface area contributed by atoms with Gasteiger partial charge in [-0.1, -0.05) is 0 Å². The third-order valence-electron chi connectivity index (χ3n) is 5.30. The number of imidazole rings is 1. The summed E-state index contributed by atoms with van der Waals surface area (Å²) in [5, 5.41) is 16.2. The second kappa shape index (κ2) is 7.50. The molecule has 9 nitrogen and oxygen atoms in total. The number of carbonyl (C=O) groups excluding carboxylic acids is 1. The van der Waals surface area contributed by atoms with E-state index in [0.717, 1.165) is 24.9 Å². The Morgan fingerprint density at radius 2 is 2.17 bits per heavy atom. The normalized spacial score (nSPS) is 16.8. The van der Waals surface area contributed by atoms with Gasteiger partial charge in [0, 0.05) is 50.4 Å². The first kappa shape index (κ1) is 18.9. The van der Waals surface area contributed by atoms with Crippen molar-refractivity contribution in [3.63, 3.8) is 0 Å². The van der Waals surface area contributed by atoms with Crippen LogP contribution in [0.25, 0.3) is 0 Å². The van der Waals surface area contributed by atoms with Gasteiger partial charge in [-0.05, 0) is 37.5 Å². The van der Waals surface area contributed by atoms with Gasteiger partial charge in [0.05, 0.1) is 17.2 Å². The van der Waals surface area contributed by atoms with E-state index in [2.05, 4.69) is 10.1 Å². The van der Waals surface area contributed by atoms with E-state index >= 15 is 0 Å². The second-order valence-electron chi connectivity index (χ2n) is 7.39. The molecule has 0 bridgehead atoms. The Balaban J connectivity index is 1.64. The van der Waals surface area contributed by atoms with Crippen LogP contribution in [0.3, 0.4) is 0 Å². The van der Waals surface area contributed by atoms with Crippen molar-refractivity contribution < 1.29 is 9.72 Å². The lowest BCUT2D eigenvalue weighted by Crippen LogP contribution is -2.37. The molecule has 0 saturated carbocycles. The summed E-state index contributed by atoms with van der Waals surface area (Å²) in [5.74, 6) is -0.0881. The van der Waals surface area contributed by atoms with Gasteiger partial charge in [0.1, 0.15) is 5.69 Å². The Labute approximate surface area is 167 Å². The fraction of sp³-hybridized carbons (Fsp3) is 0.350. The monoisotopic (exact) mass is 394 g/mol. The van der Waals surface area contributed by atoms with E-state index in [1.54, 1.807) is 29.9 Å². The Morgan fingerprint density at radius 1 is 1.34 bits per heavy atom. The largest absolute Gasteiger partial charge is 0.364 e. The van der Waals surface area contributed by atoms with Gasteiger partial charge in [0.2, 0.25) is 5.78 Å². The quantitative estimate of drug-likeness (QED) is 0.375. The van der Waals surface area contributed by atoms with Crippen LogP contribution in [0, 0.1) is 17.0 Å². The highest BCUT2D eigenvalue weighted by atomic mass is 16.6. The molecule has 1 aliphatic heterocycles. The minimum atomic E-state index is -0.424. The predicted molar refractivity (Wildman–Crippen MR) is 107 cm³/mol. The number of piperidine rings is 1. The first-order valence-corrected chi connectivity index (χ1v) is 9.50. The lowest BCUT2D eigenvalue weighted by atomic mass is 10.0. The van der Waals surface area contributed by atoms with E-state index in [4.69, 9.17) is 0 Å². The summed E-state index contributed by atoms with van der Waals surface area (Å²) >= 11 is 0. The molecule has 0 aliphatic carbocycles. The summed E-state index contributed by atoms with van der Waals surface area (Å²) in [6, 6.07) is 4.82. The molecule has 1 fully saturated rings. The van der Waals surface area contributed by atoms with E-state index in [1.807, 2.05) is 28.9 Å². The number of rotatable bonds is 5. The van der Waals surface area contributed by atoms with Gasteiger partial charge in [0.25, 0.3) is 5.69 Å². The zero-order chi connectivity index (χ0) is 20.5. The molecule has 1 aliphatic rings. The lowest BCUT2D eigenvalue weighted by molar-refractivity contribution is -0.384. The van der Waals surface area contributed by atoms with Crippen molar-refractivity contribution in [2.24, 2.45) is 7.05 Å². The maximum absolute atomic E-state index is 12.7. The van der Waals surface area contributed by atoms with Gasteiger partial charge in [-0.25, -0.2) is 4.98 Å². The molecule has 0 radical (unpaired) electrons. The zero-order valence-electron chi connectivity index (χ0n) is 16.4. The van der Waals surface area contributed by atoms with E-state index in [-0.39, 0.29) is 28.9 Å². The fourth-order valence-electron chi connectivity index (χ4n) is 3.81. The molecule has 0 spiro atoms. The molecule has 1 atom stereocenters. The Hall–Kier alpha value is -3.49. The molecule has 0 N–H and O–H groups in total. The molecule has 150 valence electrons. The molecule has 9 heteroatoms. The third-order valence-corrected chi connectivity index (χ3v) is 5.30. The molecule has 3 aromatic rings. The number of hydrogen-bond acceptors (Lipinski definition) is 6. The summed E-state index contributed by atoms with van der Waals surface area (Å²) < 4.78 is 3.54. The number of aryl methyl sites for hydroxylation is 2. The van der Waals surface area contributed by atoms with Crippen molar-refractivity contribution in [2.75, 3.05) is 18.0 Å². The van der Waals surface area contributed by atoms with Crippen LogP contribution in [0.5, 0.6) is 0 Å². The number of ketones is 1. The molecule has 0 amide bonds. The van der Waals surface area contributed by atoms with Crippen molar-refractivity contribution in [1.29, 1.82) is 0 Å². The average Bonchev–Trinajstić information content (AvgIpc) is 3.35. The van der Waals surface area contributed by atoms with Crippen LogP contribution in [-0.4, -0.2) is 43.1 Å². The SMILES string of the molecule is Cc1cnn(C2CCCN(c3ccc(C(=O)c4nccn4C)cc3[N+](=O)[O-])C2)c1. The van der Waals surface area contributed by atoms with Crippen LogP contribution in [0.2, 0.25) is 0 Å². The van der Waals surface area contributed by atoms with Crippen LogP contribution in [0.15, 0.2) is 43.0 Å². The molecular weight excluding hydrogens is 372 g/mol. The summed E-state index contributed by atoms with van der Waals surface area (Å²) in [4.78, 5) is 30.1. The summed E-state index contributed by atoms with van der Waals surface area (Å²) in [6.07, 6.45) is 8.90. The van der Waals surface area contributed by atoms with Gasteiger partial charge >= 0.3 is 0 Å². The number of nitro groups is 1. The van der Waals surface area contributed by atoms with E-state index in [1.165, 1.54) is 12.3 Å². The number of nitro benzene ring substituents is 1. The minimum Gasteiger partial charge on any atom is -0.364 e. The van der Waals surface area contributed by atoms with Crippen LogP contribution in [0.1, 0.15) is 40.6 Å². The smallest absolute Gasteiger partial charge is 0.293 e. The average molecular weight is 394 g/mol. The number of carbonyl (C=O) groups is 1. The fourth-order valence-corrected chi connectivity index (χ4v) is 3.81. The standard InChI is InChI=1S/C20H22N6O3/c1-14-11-22-25(12-14)16-4-3-8-24(13-16)17-6-5-15(10-18(17)26(28)29)19(27)20-21-7-9-23(20)2/h5-7,9-12,16H,3-4,8,13H2,1-2H3. The molecule has 1 unspecified atom stereocenters. The maximum Gasteiger partial charge on any atom is 0.293 e. The van der Waals surface area contributed by atoms with Crippen molar-refractivity contribution in [1.82, 2.24) is 19.3 Å². The van der Waals surface area contributed by atoms with E-state index < -0.39 is 4.92 Å². The van der Waals surface area contributed by atoms with Crippen molar-refractivity contribution in [2.45, 2.75) is 25.8 Å². The van der Waals surface area contributed by atoms with Gasteiger partial charge in [-0.15, -0.1) is 0 Å². The highest BCUT2D eigenvalue weighted by molar-refractivity contribution is 6.07. The Kier molecular flexibility index (Phi) is 4.87. The second-order valence-corrected chi connectivity index (χ2v) is 7.39. The molecular formula is C20H22N6O3. The number of hydrogen-bond donors (Lipinski definition) is 0. The molecule has 3 heterocycles. The van der Waals surface area contributed by atoms with Crippen LogP contribution in [-0.2, 0) is 7.05 Å². The minimum absolute atomic E-state index is 0.0673. The maximum atomic E-state index is 12.7. The number of anilines is 1. The lowest BCUT2D eigenvalue weighted by Gasteiger charge is -2.34. The molecule has 2 aromatic heterocycles. The van der Waals surface area contributed by atoms with Crippen molar-refractivity contribution in [3.8, 4) is 0 Å². The molecule has 4 rings (SSSR count). The van der Waals surface area contributed by atoms with Crippen LogP contribution < -0.4 is 4.90 Å². The van der Waals surface area contributed by atoms with E-state index in [0.29, 0.717) is 12.2 Å². The number of aromatic nitrogens is 4. The zero-order valence-corrected chi connectivity index (χ0v) is 16.4. The number of nitrogens with zero attached hydrogens (tertiary/aromatic N) is 6.